The standard InChI is InChI=1S/C30H32F6N2O5/c1-40-16-14-38(15-17-41-2)27(39)37-21-28(20-22-8-4-3-5-9-22,23-10-6-12-25(18-23)42-29(31,32)33)24-11-7-13-26(19-24)43-30(34,35)36/h3-13,18-19H,14-17,20-21H2,1-2H3,(H,37,39). The molecule has 0 radical (unpaired) electrons. The predicted octanol–water partition coefficient (Wildman–Crippen LogP) is 6.32. The molecular weight excluding hydrogens is 582 g/mol. The molecule has 2 amide bonds. The highest BCUT2D eigenvalue weighted by molar-refractivity contribution is 5.74. The summed E-state index contributed by atoms with van der Waals surface area (Å²) in [4.78, 5) is 14.8. The number of halogens is 6. The lowest BCUT2D eigenvalue weighted by atomic mass is 9.70. The average molecular weight is 615 g/mol. The summed E-state index contributed by atoms with van der Waals surface area (Å²) in [5.74, 6) is -1.06. The van der Waals surface area contributed by atoms with Crippen LogP contribution in [0.3, 0.4) is 0 Å². The Bertz CT molecular complexity index is 1240. The molecule has 0 aliphatic carbocycles. The van der Waals surface area contributed by atoms with E-state index in [1.54, 1.807) is 30.3 Å². The van der Waals surface area contributed by atoms with Crippen LogP contribution in [-0.4, -0.2) is 70.7 Å². The molecule has 0 saturated heterocycles. The number of rotatable bonds is 14. The fraction of sp³-hybridized carbons (Fsp3) is 0.367. The van der Waals surface area contributed by atoms with Crippen molar-refractivity contribution < 1.29 is 50.1 Å². The summed E-state index contributed by atoms with van der Waals surface area (Å²) in [6.07, 6.45) is -9.90. The number of nitrogens with zero attached hydrogens (tertiary/aromatic N) is 1. The molecule has 234 valence electrons. The zero-order valence-electron chi connectivity index (χ0n) is 23.5. The SMILES string of the molecule is COCCN(CCOC)C(=O)NCC(Cc1ccccc1)(c1cccc(OC(F)(F)F)c1)c1cccc(OC(F)(F)F)c1. The van der Waals surface area contributed by atoms with Crippen molar-refractivity contribution in [1.29, 1.82) is 0 Å². The van der Waals surface area contributed by atoms with Gasteiger partial charge in [-0.25, -0.2) is 4.79 Å². The maximum Gasteiger partial charge on any atom is 0.573 e. The molecule has 0 aliphatic heterocycles. The Labute approximate surface area is 245 Å². The molecule has 1 N–H and O–H groups in total. The van der Waals surface area contributed by atoms with E-state index in [0.29, 0.717) is 5.56 Å². The Morgan fingerprint density at radius 3 is 1.65 bits per heavy atom. The van der Waals surface area contributed by atoms with Crippen LogP contribution < -0.4 is 14.8 Å². The largest absolute Gasteiger partial charge is 0.573 e. The number of urea groups is 1. The van der Waals surface area contributed by atoms with E-state index < -0.39 is 35.7 Å². The summed E-state index contributed by atoms with van der Waals surface area (Å²) in [6, 6.07) is 18.6. The second-order valence-corrected chi connectivity index (χ2v) is 9.53. The molecule has 0 aromatic heterocycles. The lowest BCUT2D eigenvalue weighted by molar-refractivity contribution is -0.275. The summed E-state index contributed by atoms with van der Waals surface area (Å²) in [7, 11) is 2.95. The van der Waals surface area contributed by atoms with E-state index in [4.69, 9.17) is 9.47 Å². The molecule has 0 unspecified atom stereocenters. The van der Waals surface area contributed by atoms with Gasteiger partial charge in [-0.05, 0) is 47.4 Å². The highest BCUT2D eigenvalue weighted by Crippen LogP contribution is 2.40. The molecule has 13 heteroatoms. The number of alkyl halides is 6. The van der Waals surface area contributed by atoms with Crippen LogP contribution in [0.5, 0.6) is 11.5 Å². The van der Waals surface area contributed by atoms with E-state index in [1.807, 2.05) is 0 Å². The summed E-state index contributed by atoms with van der Waals surface area (Å²) in [5, 5.41) is 2.84. The Kier molecular flexibility index (Phi) is 11.7. The molecule has 0 aliphatic rings. The first-order chi connectivity index (χ1) is 20.3. The topological polar surface area (TPSA) is 69.3 Å². The van der Waals surface area contributed by atoms with E-state index in [1.165, 1.54) is 43.4 Å². The first-order valence-electron chi connectivity index (χ1n) is 13.1. The van der Waals surface area contributed by atoms with Crippen LogP contribution in [0.4, 0.5) is 31.1 Å². The van der Waals surface area contributed by atoms with Crippen molar-refractivity contribution in [2.24, 2.45) is 0 Å². The fourth-order valence-corrected chi connectivity index (χ4v) is 4.62. The molecule has 7 nitrogen and oxygen atoms in total. The van der Waals surface area contributed by atoms with Gasteiger partial charge in [0.05, 0.1) is 13.2 Å². The fourth-order valence-electron chi connectivity index (χ4n) is 4.62. The number of nitrogens with one attached hydrogen (secondary N) is 1. The van der Waals surface area contributed by atoms with Gasteiger partial charge in [0.2, 0.25) is 0 Å². The van der Waals surface area contributed by atoms with Crippen molar-refractivity contribution in [2.75, 3.05) is 47.1 Å². The van der Waals surface area contributed by atoms with Crippen LogP contribution >= 0.6 is 0 Å². The molecule has 3 aromatic carbocycles. The van der Waals surface area contributed by atoms with Gasteiger partial charge in [-0.15, -0.1) is 26.3 Å². The van der Waals surface area contributed by atoms with Gasteiger partial charge in [-0.1, -0.05) is 54.6 Å². The summed E-state index contributed by atoms with van der Waals surface area (Å²) in [6.45, 7) is 0.643. The number of ether oxygens (including phenoxy) is 4. The van der Waals surface area contributed by atoms with E-state index in [9.17, 15) is 31.1 Å². The lowest BCUT2D eigenvalue weighted by Crippen LogP contribution is -2.49. The highest BCUT2D eigenvalue weighted by atomic mass is 19.4. The molecule has 3 rings (SSSR count). The zero-order valence-corrected chi connectivity index (χ0v) is 23.5. The normalized spacial score (nSPS) is 12.1. The Morgan fingerprint density at radius 2 is 1.21 bits per heavy atom. The maximum absolute atomic E-state index is 13.4. The van der Waals surface area contributed by atoms with Crippen LogP contribution in [0.25, 0.3) is 0 Å². The monoisotopic (exact) mass is 614 g/mol. The second kappa shape index (κ2) is 15.0. The first-order valence-corrected chi connectivity index (χ1v) is 13.1. The molecule has 0 bridgehead atoms. The van der Waals surface area contributed by atoms with Crippen LogP contribution in [0.15, 0.2) is 78.9 Å². The van der Waals surface area contributed by atoms with Crippen molar-refractivity contribution in [3.8, 4) is 11.5 Å². The molecule has 0 spiro atoms. The van der Waals surface area contributed by atoms with E-state index >= 15 is 0 Å². The van der Waals surface area contributed by atoms with Crippen LogP contribution in [0, 0.1) is 0 Å². The summed E-state index contributed by atoms with van der Waals surface area (Å²) in [5.41, 5.74) is -0.177. The molecule has 0 fully saturated rings. The second-order valence-electron chi connectivity index (χ2n) is 9.53. The minimum Gasteiger partial charge on any atom is -0.406 e. The van der Waals surface area contributed by atoms with Crippen molar-refractivity contribution >= 4 is 6.03 Å². The Balaban J connectivity index is 2.17. The van der Waals surface area contributed by atoms with Crippen molar-refractivity contribution in [2.45, 2.75) is 24.6 Å². The summed E-state index contributed by atoms with van der Waals surface area (Å²) < 4.78 is 97.5. The minimum atomic E-state index is -4.99. The number of hydrogen-bond donors (Lipinski definition) is 1. The maximum atomic E-state index is 13.4. The minimum absolute atomic E-state index is 0.0786. The first kappa shape index (κ1) is 33.5. The van der Waals surface area contributed by atoms with E-state index in [2.05, 4.69) is 14.8 Å². The molecular formula is C30H32F6N2O5. The average Bonchev–Trinajstić information content (AvgIpc) is 2.94. The Hall–Kier alpha value is -3.97. The number of hydrogen-bond acceptors (Lipinski definition) is 5. The molecule has 3 aromatic rings. The van der Waals surface area contributed by atoms with Gasteiger partial charge in [0.1, 0.15) is 11.5 Å². The van der Waals surface area contributed by atoms with Gasteiger partial charge in [0.25, 0.3) is 0 Å². The number of carbonyl (C=O) groups excluding carboxylic acids is 1. The smallest absolute Gasteiger partial charge is 0.406 e. The zero-order chi connectivity index (χ0) is 31.5. The third-order valence-corrected chi connectivity index (χ3v) is 6.55. The summed E-state index contributed by atoms with van der Waals surface area (Å²) >= 11 is 0. The number of methoxy groups -OCH3 is 2. The van der Waals surface area contributed by atoms with Crippen LogP contribution in [-0.2, 0) is 21.3 Å². The van der Waals surface area contributed by atoms with Crippen LogP contribution in [0.2, 0.25) is 0 Å². The molecule has 43 heavy (non-hydrogen) atoms. The molecule has 0 heterocycles. The lowest BCUT2D eigenvalue weighted by Gasteiger charge is -2.37. The van der Waals surface area contributed by atoms with Crippen molar-refractivity contribution in [3.63, 3.8) is 0 Å². The third kappa shape index (κ3) is 10.4. The van der Waals surface area contributed by atoms with Crippen molar-refractivity contribution in [3.05, 3.63) is 95.6 Å². The van der Waals surface area contributed by atoms with Gasteiger partial charge in [0.15, 0.2) is 0 Å². The van der Waals surface area contributed by atoms with Gasteiger partial charge < -0.3 is 29.2 Å². The molecule has 0 saturated carbocycles. The van der Waals surface area contributed by atoms with Crippen molar-refractivity contribution in [1.82, 2.24) is 10.2 Å². The number of benzene rings is 3. The van der Waals surface area contributed by atoms with E-state index in [0.717, 1.165) is 24.3 Å². The van der Waals surface area contributed by atoms with Gasteiger partial charge in [-0.3, -0.25) is 0 Å². The van der Waals surface area contributed by atoms with Gasteiger partial charge >= 0.3 is 18.8 Å². The predicted molar refractivity (Wildman–Crippen MR) is 146 cm³/mol. The molecule has 0 atom stereocenters. The highest BCUT2D eigenvalue weighted by Gasteiger charge is 2.39. The van der Waals surface area contributed by atoms with Gasteiger partial charge in [-0.2, -0.15) is 0 Å². The third-order valence-electron chi connectivity index (χ3n) is 6.55. The quantitative estimate of drug-likeness (QED) is 0.216. The Morgan fingerprint density at radius 1 is 0.721 bits per heavy atom. The van der Waals surface area contributed by atoms with E-state index in [-0.39, 0.29) is 50.4 Å². The number of amides is 2. The number of carbonyl (C=O) groups is 1. The van der Waals surface area contributed by atoms with Crippen LogP contribution in [0.1, 0.15) is 16.7 Å². The van der Waals surface area contributed by atoms with Gasteiger partial charge in [0, 0.05) is 39.3 Å².